The van der Waals surface area contributed by atoms with Crippen molar-refractivity contribution in [2.24, 2.45) is 18.0 Å². The predicted octanol–water partition coefficient (Wildman–Crippen LogP) is 2.57. The first-order valence-electron chi connectivity index (χ1n) is 8.31. The van der Waals surface area contributed by atoms with Crippen LogP contribution in [-0.2, 0) is 13.5 Å². The van der Waals surface area contributed by atoms with Crippen LogP contribution in [0.4, 0.5) is 0 Å². The lowest BCUT2D eigenvalue weighted by Gasteiger charge is -2.18. The summed E-state index contributed by atoms with van der Waals surface area (Å²) in [6.07, 6.45) is 3.37. The Morgan fingerprint density at radius 2 is 1.95 bits per heavy atom. The highest BCUT2D eigenvalue weighted by Crippen LogP contribution is 2.14. The van der Waals surface area contributed by atoms with Crippen LogP contribution in [0.2, 0.25) is 0 Å². The fourth-order valence-electron chi connectivity index (χ4n) is 2.62. The van der Waals surface area contributed by atoms with Crippen molar-refractivity contribution in [1.29, 1.82) is 0 Å². The third-order valence-corrected chi connectivity index (χ3v) is 4.03. The lowest BCUT2D eigenvalue weighted by atomic mass is 10.1. The number of hydrogen-bond donors (Lipinski definition) is 2. The molecule has 0 amide bonds. The van der Waals surface area contributed by atoms with Crippen LogP contribution in [0.5, 0.6) is 0 Å². The fourth-order valence-corrected chi connectivity index (χ4v) is 2.62. The SMILES string of the molecule is CN=C(NCCCC(C)C)NC(C)Cc1c(C)nn(C)c1C. The van der Waals surface area contributed by atoms with Crippen LogP contribution in [0.1, 0.15) is 50.6 Å². The van der Waals surface area contributed by atoms with Crippen LogP contribution in [0, 0.1) is 19.8 Å². The molecule has 0 aromatic carbocycles. The third-order valence-electron chi connectivity index (χ3n) is 4.03. The smallest absolute Gasteiger partial charge is 0.191 e. The van der Waals surface area contributed by atoms with Gasteiger partial charge < -0.3 is 10.6 Å². The summed E-state index contributed by atoms with van der Waals surface area (Å²) >= 11 is 0. The number of aromatic nitrogens is 2. The molecule has 0 aliphatic carbocycles. The average Bonchev–Trinajstić information content (AvgIpc) is 2.68. The molecule has 0 fully saturated rings. The van der Waals surface area contributed by atoms with E-state index in [0.29, 0.717) is 6.04 Å². The van der Waals surface area contributed by atoms with E-state index in [4.69, 9.17) is 0 Å². The van der Waals surface area contributed by atoms with E-state index in [0.717, 1.165) is 30.5 Å². The van der Waals surface area contributed by atoms with Crippen molar-refractivity contribution < 1.29 is 0 Å². The number of rotatable bonds is 7. The summed E-state index contributed by atoms with van der Waals surface area (Å²) in [6, 6.07) is 0.317. The van der Waals surface area contributed by atoms with Gasteiger partial charge in [0, 0.05) is 32.4 Å². The molecule has 0 saturated carbocycles. The third kappa shape index (κ3) is 5.70. The molecular formula is C17H33N5. The number of nitrogens with zero attached hydrogens (tertiary/aromatic N) is 3. The Kier molecular flexibility index (Phi) is 7.42. The maximum absolute atomic E-state index is 4.48. The maximum Gasteiger partial charge on any atom is 0.191 e. The molecule has 1 unspecified atom stereocenters. The Labute approximate surface area is 135 Å². The molecule has 5 heteroatoms. The van der Waals surface area contributed by atoms with Gasteiger partial charge in [0.2, 0.25) is 0 Å². The summed E-state index contributed by atoms with van der Waals surface area (Å²) in [5, 5.41) is 11.3. The molecule has 0 spiro atoms. The maximum atomic E-state index is 4.48. The zero-order chi connectivity index (χ0) is 16.7. The molecule has 22 heavy (non-hydrogen) atoms. The van der Waals surface area contributed by atoms with Crippen LogP contribution in [-0.4, -0.2) is 35.4 Å². The molecule has 0 aliphatic heterocycles. The van der Waals surface area contributed by atoms with Gasteiger partial charge in [0.1, 0.15) is 0 Å². The Morgan fingerprint density at radius 3 is 2.45 bits per heavy atom. The Morgan fingerprint density at radius 1 is 1.27 bits per heavy atom. The summed E-state index contributed by atoms with van der Waals surface area (Å²) in [4.78, 5) is 4.31. The molecule has 0 saturated heterocycles. The average molecular weight is 307 g/mol. The molecule has 2 N–H and O–H groups in total. The quantitative estimate of drug-likeness (QED) is 0.462. The van der Waals surface area contributed by atoms with E-state index in [2.05, 4.69) is 55.3 Å². The largest absolute Gasteiger partial charge is 0.356 e. The van der Waals surface area contributed by atoms with Crippen molar-refractivity contribution in [3.05, 3.63) is 17.0 Å². The second kappa shape index (κ2) is 8.81. The van der Waals surface area contributed by atoms with E-state index in [9.17, 15) is 0 Å². The Hall–Kier alpha value is -1.52. The van der Waals surface area contributed by atoms with E-state index in [1.54, 1.807) is 0 Å². The first-order chi connectivity index (χ1) is 10.3. The Balaban J connectivity index is 2.46. The minimum absolute atomic E-state index is 0.317. The Bertz CT molecular complexity index is 487. The highest BCUT2D eigenvalue weighted by Gasteiger charge is 2.13. The molecule has 0 aliphatic rings. The lowest BCUT2D eigenvalue weighted by Crippen LogP contribution is -2.43. The fraction of sp³-hybridized carbons (Fsp3) is 0.765. The van der Waals surface area contributed by atoms with E-state index < -0.39 is 0 Å². The zero-order valence-electron chi connectivity index (χ0n) is 15.3. The van der Waals surface area contributed by atoms with Crippen molar-refractivity contribution in [2.45, 2.75) is 59.9 Å². The summed E-state index contributed by atoms with van der Waals surface area (Å²) in [5.74, 6) is 1.64. The minimum atomic E-state index is 0.317. The molecule has 5 nitrogen and oxygen atoms in total. The van der Waals surface area contributed by atoms with Gasteiger partial charge in [-0.25, -0.2) is 0 Å². The van der Waals surface area contributed by atoms with E-state index >= 15 is 0 Å². The standard InChI is InChI=1S/C17H33N5/c1-12(2)9-8-10-19-17(18-6)20-13(3)11-16-14(4)21-22(7)15(16)5/h12-13H,8-11H2,1-7H3,(H2,18,19,20). The topological polar surface area (TPSA) is 54.2 Å². The molecule has 1 aromatic rings. The molecule has 126 valence electrons. The number of nitrogens with one attached hydrogen (secondary N) is 2. The van der Waals surface area contributed by atoms with E-state index in [1.165, 1.54) is 24.1 Å². The van der Waals surface area contributed by atoms with Gasteiger partial charge in [0.15, 0.2) is 5.96 Å². The van der Waals surface area contributed by atoms with Crippen LogP contribution in [0.15, 0.2) is 4.99 Å². The van der Waals surface area contributed by atoms with Crippen LogP contribution in [0.3, 0.4) is 0 Å². The molecule has 1 rings (SSSR count). The second-order valence-corrected chi connectivity index (χ2v) is 6.56. The summed E-state index contributed by atoms with van der Waals surface area (Å²) in [6.45, 7) is 11.9. The monoisotopic (exact) mass is 307 g/mol. The van der Waals surface area contributed by atoms with Crippen molar-refractivity contribution in [1.82, 2.24) is 20.4 Å². The summed E-state index contributed by atoms with van der Waals surface area (Å²) in [7, 11) is 3.82. The van der Waals surface area contributed by atoms with Gasteiger partial charge in [0.05, 0.1) is 5.69 Å². The van der Waals surface area contributed by atoms with Crippen LogP contribution in [0.25, 0.3) is 0 Å². The van der Waals surface area contributed by atoms with Gasteiger partial charge in [-0.1, -0.05) is 13.8 Å². The highest BCUT2D eigenvalue weighted by atomic mass is 15.3. The van der Waals surface area contributed by atoms with Crippen molar-refractivity contribution in [3.63, 3.8) is 0 Å². The molecule has 0 radical (unpaired) electrons. The van der Waals surface area contributed by atoms with Gasteiger partial charge in [-0.3, -0.25) is 9.67 Å². The zero-order valence-corrected chi connectivity index (χ0v) is 15.3. The first kappa shape index (κ1) is 18.5. The number of aliphatic imine (C=N–C) groups is 1. The molecule has 1 aromatic heterocycles. The highest BCUT2D eigenvalue weighted by molar-refractivity contribution is 5.79. The normalized spacial score (nSPS) is 13.5. The first-order valence-corrected chi connectivity index (χ1v) is 8.31. The molecule has 0 bridgehead atoms. The van der Waals surface area contributed by atoms with Gasteiger partial charge in [-0.05, 0) is 51.5 Å². The van der Waals surface area contributed by atoms with Crippen molar-refractivity contribution >= 4 is 5.96 Å². The number of aryl methyl sites for hydroxylation is 2. The summed E-state index contributed by atoms with van der Waals surface area (Å²) < 4.78 is 1.95. The molecule has 1 heterocycles. The number of hydrogen-bond acceptors (Lipinski definition) is 2. The number of guanidine groups is 1. The van der Waals surface area contributed by atoms with Crippen LogP contribution >= 0.6 is 0 Å². The predicted molar refractivity (Wildman–Crippen MR) is 94.4 cm³/mol. The minimum Gasteiger partial charge on any atom is -0.356 e. The van der Waals surface area contributed by atoms with E-state index in [-0.39, 0.29) is 0 Å². The van der Waals surface area contributed by atoms with Crippen molar-refractivity contribution in [2.75, 3.05) is 13.6 Å². The van der Waals surface area contributed by atoms with Crippen LogP contribution < -0.4 is 10.6 Å². The second-order valence-electron chi connectivity index (χ2n) is 6.56. The molecular weight excluding hydrogens is 274 g/mol. The van der Waals surface area contributed by atoms with Gasteiger partial charge in [-0.2, -0.15) is 5.10 Å². The molecule has 1 atom stereocenters. The van der Waals surface area contributed by atoms with E-state index in [1.807, 2.05) is 18.8 Å². The van der Waals surface area contributed by atoms with Crippen molar-refractivity contribution in [3.8, 4) is 0 Å². The summed E-state index contributed by atoms with van der Waals surface area (Å²) in [5.41, 5.74) is 3.69. The van der Waals surface area contributed by atoms with Gasteiger partial charge >= 0.3 is 0 Å². The van der Waals surface area contributed by atoms with Gasteiger partial charge in [0.25, 0.3) is 0 Å². The lowest BCUT2D eigenvalue weighted by molar-refractivity contribution is 0.546. The van der Waals surface area contributed by atoms with Gasteiger partial charge in [-0.15, -0.1) is 0 Å².